The molecule has 0 aromatic heterocycles. The highest BCUT2D eigenvalue weighted by Crippen LogP contribution is 2.35. The van der Waals surface area contributed by atoms with Crippen LogP contribution in [0.2, 0.25) is 0 Å². The Morgan fingerprint density at radius 3 is 2.43 bits per heavy atom. The summed E-state index contributed by atoms with van der Waals surface area (Å²) < 4.78 is 28.2. The number of nitrogens with zero attached hydrogens (tertiary/aromatic N) is 2. The normalized spacial score (nSPS) is 16.3. The van der Waals surface area contributed by atoms with Crippen molar-refractivity contribution in [1.29, 1.82) is 0 Å². The van der Waals surface area contributed by atoms with Gasteiger partial charge >= 0.3 is 0 Å². The Labute approximate surface area is 136 Å². The lowest BCUT2D eigenvalue weighted by Crippen LogP contribution is -2.45. The third-order valence-corrected chi connectivity index (χ3v) is 5.73. The molecule has 9 heteroatoms. The average Bonchev–Trinajstić information content (AvgIpc) is 3.35. The second-order valence-electron chi connectivity index (χ2n) is 5.72. The van der Waals surface area contributed by atoms with Crippen molar-refractivity contribution in [2.45, 2.75) is 25.8 Å². The van der Waals surface area contributed by atoms with Gasteiger partial charge in [0.2, 0.25) is 0 Å². The van der Waals surface area contributed by atoms with E-state index >= 15 is 0 Å². The highest BCUT2D eigenvalue weighted by molar-refractivity contribution is 7.87. The average molecular weight is 342 g/mol. The second-order valence-corrected chi connectivity index (χ2v) is 7.54. The van der Waals surface area contributed by atoms with Gasteiger partial charge in [-0.1, -0.05) is 0 Å². The molecule has 1 saturated carbocycles. The van der Waals surface area contributed by atoms with Crippen LogP contribution in [0.3, 0.4) is 0 Å². The van der Waals surface area contributed by atoms with Crippen molar-refractivity contribution in [3.63, 3.8) is 0 Å². The number of nitrogens with one attached hydrogen (secondary N) is 2. The van der Waals surface area contributed by atoms with Crippen LogP contribution in [0, 0.1) is 16.0 Å². The molecule has 128 valence electrons. The van der Waals surface area contributed by atoms with Gasteiger partial charge in [-0.25, -0.2) is 4.72 Å². The quantitative estimate of drug-likeness (QED) is 0.403. The predicted molar refractivity (Wildman–Crippen MR) is 88.5 cm³/mol. The SMILES string of the molecule is C[C@@H](C1CC1)N(C)S(=O)(=O)NCCNc1ccc([N+](=O)[O-])cc1. The van der Waals surface area contributed by atoms with E-state index < -0.39 is 15.1 Å². The Morgan fingerprint density at radius 1 is 1.30 bits per heavy atom. The summed E-state index contributed by atoms with van der Waals surface area (Å²) in [6, 6.07) is 5.99. The summed E-state index contributed by atoms with van der Waals surface area (Å²) in [5, 5.41) is 13.6. The largest absolute Gasteiger partial charge is 0.384 e. The molecular formula is C14H22N4O4S. The van der Waals surface area contributed by atoms with Gasteiger partial charge in [-0.3, -0.25) is 10.1 Å². The van der Waals surface area contributed by atoms with Crippen LogP contribution in [0.1, 0.15) is 19.8 Å². The number of rotatable bonds is 9. The van der Waals surface area contributed by atoms with E-state index in [1.54, 1.807) is 19.2 Å². The Morgan fingerprint density at radius 2 is 1.91 bits per heavy atom. The molecule has 23 heavy (non-hydrogen) atoms. The molecule has 2 rings (SSSR count). The topological polar surface area (TPSA) is 105 Å². The number of non-ortho nitro benzene ring substituents is 1. The summed E-state index contributed by atoms with van der Waals surface area (Å²) in [6.07, 6.45) is 2.17. The van der Waals surface area contributed by atoms with Gasteiger partial charge in [-0.05, 0) is 37.8 Å². The van der Waals surface area contributed by atoms with Crippen LogP contribution in [0.15, 0.2) is 24.3 Å². The molecule has 0 heterocycles. The zero-order chi connectivity index (χ0) is 17.0. The third kappa shape index (κ3) is 4.88. The summed E-state index contributed by atoms with van der Waals surface area (Å²) in [5.74, 6) is 0.467. The Kier molecular flexibility index (Phi) is 5.55. The zero-order valence-electron chi connectivity index (χ0n) is 13.2. The first-order valence-electron chi connectivity index (χ1n) is 7.52. The monoisotopic (exact) mass is 342 g/mol. The number of nitro benzene ring substituents is 1. The standard InChI is InChI=1S/C14H22N4O4S/c1-11(12-3-4-12)17(2)23(21,22)16-10-9-15-13-5-7-14(8-6-13)18(19)20/h5-8,11-12,15-16H,3-4,9-10H2,1-2H3/t11-/m0/s1. The maximum absolute atomic E-state index is 12.1. The van der Waals surface area contributed by atoms with Crippen LogP contribution in [0.25, 0.3) is 0 Å². The van der Waals surface area contributed by atoms with Gasteiger partial charge in [-0.2, -0.15) is 12.7 Å². The van der Waals surface area contributed by atoms with E-state index in [0.717, 1.165) is 12.8 Å². The fraction of sp³-hybridized carbons (Fsp3) is 0.571. The third-order valence-electron chi connectivity index (χ3n) is 4.07. The minimum absolute atomic E-state index is 0.00938. The lowest BCUT2D eigenvalue weighted by Gasteiger charge is -2.24. The van der Waals surface area contributed by atoms with Gasteiger partial charge in [0, 0.05) is 44.0 Å². The summed E-state index contributed by atoms with van der Waals surface area (Å²) >= 11 is 0. The van der Waals surface area contributed by atoms with Crippen LogP contribution < -0.4 is 10.0 Å². The fourth-order valence-corrected chi connectivity index (χ4v) is 3.46. The minimum atomic E-state index is -3.48. The molecule has 1 fully saturated rings. The molecule has 0 radical (unpaired) electrons. The van der Waals surface area contributed by atoms with E-state index in [9.17, 15) is 18.5 Å². The number of hydrogen-bond donors (Lipinski definition) is 2. The lowest BCUT2D eigenvalue weighted by atomic mass is 10.2. The van der Waals surface area contributed by atoms with Crippen LogP contribution in [-0.2, 0) is 10.2 Å². The van der Waals surface area contributed by atoms with E-state index in [4.69, 9.17) is 0 Å². The van der Waals surface area contributed by atoms with Crippen LogP contribution in [-0.4, -0.2) is 43.8 Å². The first-order chi connectivity index (χ1) is 10.8. The Bertz CT molecular complexity index is 643. The maximum Gasteiger partial charge on any atom is 0.279 e. The number of hydrogen-bond acceptors (Lipinski definition) is 5. The molecule has 0 amide bonds. The van der Waals surface area contributed by atoms with Gasteiger partial charge in [0.25, 0.3) is 15.9 Å². The van der Waals surface area contributed by atoms with Crippen molar-refractivity contribution >= 4 is 21.6 Å². The van der Waals surface area contributed by atoms with Gasteiger partial charge < -0.3 is 5.32 Å². The first-order valence-corrected chi connectivity index (χ1v) is 8.96. The van der Waals surface area contributed by atoms with Gasteiger partial charge in [0.1, 0.15) is 0 Å². The van der Waals surface area contributed by atoms with E-state index in [1.807, 2.05) is 6.92 Å². The van der Waals surface area contributed by atoms with Crippen LogP contribution >= 0.6 is 0 Å². The number of benzene rings is 1. The van der Waals surface area contributed by atoms with E-state index in [1.165, 1.54) is 16.4 Å². The highest BCUT2D eigenvalue weighted by atomic mass is 32.2. The van der Waals surface area contributed by atoms with Gasteiger partial charge in [0.15, 0.2) is 0 Å². The van der Waals surface area contributed by atoms with Gasteiger partial charge in [-0.15, -0.1) is 0 Å². The summed E-state index contributed by atoms with van der Waals surface area (Å²) in [5.41, 5.74) is 0.724. The molecule has 1 aliphatic carbocycles. The lowest BCUT2D eigenvalue weighted by molar-refractivity contribution is -0.384. The Balaban J connectivity index is 1.76. The summed E-state index contributed by atoms with van der Waals surface area (Å²) in [7, 11) is -1.89. The summed E-state index contributed by atoms with van der Waals surface area (Å²) in [4.78, 5) is 10.1. The molecule has 2 N–H and O–H groups in total. The highest BCUT2D eigenvalue weighted by Gasteiger charge is 2.35. The molecule has 0 bridgehead atoms. The van der Waals surface area contributed by atoms with Crippen molar-refractivity contribution in [2.24, 2.45) is 5.92 Å². The molecule has 0 aliphatic heterocycles. The molecule has 0 spiro atoms. The zero-order valence-corrected chi connectivity index (χ0v) is 14.0. The second kappa shape index (κ2) is 7.24. The van der Waals surface area contributed by atoms with Crippen molar-refractivity contribution in [3.8, 4) is 0 Å². The van der Waals surface area contributed by atoms with E-state index in [2.05, 4.69) is 10.0 Å². The minimum Gasteiger partial charge on any atom is -0.384 e. The number of nitro groups is 1. The van der Waals surface area contributed by atoms with E-state index in [0.29, 0.717) is 18.2 Å². The Hall–Kier alpha value is -1.71. The summed E-state index contributed by atoms with van der Waals surface area (Å²) in [6.45, 7) is 2.55. The number of anilines is 1. The van der Waals surface area contributed by atoms with E-state index in [-0.39, 0.29) is 18.3 Å². The molecule has 1 aromatic carbocycles. The van der Waals surface area contributed by atoms with Crippen LogP contribution in [0.5, 0.6) is 0 Å². The molecule has 0 saturated heterocycles. The van der Waals surface area contributed by atoms with Crippen molar-refractivity contribution in [1.82, 2.24) is 9.03 Å². The molecule has 1 aliphatic rings. The molecule has 1 atom stereocenters. The molecule has 0 unspecified atom stereocenters. The van der Waals surface area contributed by atoms with Crippen molar-refractivity contribution < 1.29 is 13.3 Å². The van der Waals surface area contributed by atoms with Crippen molar-refractivity contribution in [3.05, 3.63) is 34.4 Å². The predicted octanol–water partition coefficient (Wildman–Crippen LogP) is 1.57. The van der Waals surface area contributed by atoms with Gasteiger partial charge in [0.05, 0.1) is 4.92 Å². The maximum atomic E-state index is 12.1. The van der Waals surface area contributed by atoms with Crippen LogP contribution in [0.4, 0.5) is 11.4 Å². The smallest absolute Gasteiger partial charge is 0.279 e. The van der Waals surface area contributed by atoms with Crippen molar-refractivity contribution in [2.75, 3.05) is 25.5 Å². The molecular weight excluding hydrogens is 320 g/mol. The molecule has 8 nitrogen and oxygen atoms in total. The fourth-order valence-electron chi connectivity index (χ4n) is 2.28. The molecule has 1 aromatic rings. The first kappa shape index (κ1) is 17.6.